The molecule has 0 N–H and O–H groups in total. The van der Waals surface area contributed by atoms with Crippen molar-refractivity contribution in [3.8, 4) is 0 Å². The number of fused-ring (bicyclic) bond motifs is 1. The molecular formula is C10H16O3. The van der Waals surface area contributed by atoms with E-state index in [0.717, 1.165) is 12.8 Å². The summed E-state index contributed by atoms with van der Waals surface area (Å²) in [4.78, 5) is 10.6. The first kappa shape index (κ1) is 9.00. The molecule has 0 bridgehead atoms. The summed E-state index contributed by atoms with van der Waals surface area (Å²) in [6.07, 6.45) is 3.19. The van der Waals surface area contributed by atoms with E-state index in [9.17, 15) is 4.79 Å². The van der Waals surface area contributed by atoms with Gasteiger partial charge in [0.25, 0.3) is 0 Å². The van der Waals surface area contributed by atoms with Crippen molar-refractivity contribution in [3.63, 3.8) is 0 Å². The second kappa shape index (κ2) is 3.29. The van der Waals surface area contributed by atoms with E-state index < -0.39 is 0 Å². The van der Waals surface area contributed by atoms with Crippen LogP contribution in [0.25, 0.3) is 0 Å². The van der Waals surface area contributed by atoms with Crippen LogP contribution in [0.4, 0.5) is 0 Å². The van der Waals surface area contributed by atoms with E-state index >= 15 is 0 Å². The molecule has 2 rings (SSSR count). The van der Waals surface area contributed by atoms with E-state index in [-0.39, 0.29) is 5.97 Å². The van der Waals surface area contributed by atoms with Crippen molar-refractivity contribution in [2.45, 2.75) is 38.9 Å². The average Bonchev–Trinajstić information content (AvgIpc) is 2.77. The van der Waals surface area contributed by atoms with Crippen molar-refractivity contribution < 1.29 is 14.3 Å². The number of esters is 1. The van der Waals surface area contributed by atoms with Crippen LogP contribution in [0.2, 0.25) is 0 Å². The summed E-state index contributed by atoms with van der Waals surface area (Å²) in [7, 11) is 0. The molecule has 4 atom stereocenters. The molecule has 0 aromatic carbocycles. The fourth-order valence-corrected chi connectivity index (χ4v) is 2.14. The van der Waals surface area contributed by atoms with Crippen LogP contribution < -0.4 is 0 Å². The van der Waals surface area contributed by atoms with E-state index in [4.69, 9.17) is 9.47 Å². The van der Waals surface area contributed by atoms with Gasteiger partial charge in [-0.05, 0) is 24.7 Å². The monoisotopic (exact) mass is 184 g/mol. The van der Waals surface area contributed by atoms with Gasteiger partial charge in [0.2, 0.25) is 0 Å². The van der Waals surface area contributed by atoms with Gasteiger partial charge in [-0.3, -0.25) is 4.79 Å². The first-order chi connectivity index (χ1) is 6.16. The second-order valence-corrected chi connectivity index (χ2v) is 4.22. The van der Waals surface area contributed by atoms with Gasteiger partial charge < -0.3 is 9.47 Å². The van der Waals surface area contributed by atoms with Crippen molar-refractivity contribution >= 4 is 5.97 Å². The molecule has 1 heterocycles. The third-order valence-electron chi connectivity index (χ3n) is 3.13. The maximum Gasteiger partial charge on any atom is 0.302 e. The van der Waals surface area contributed by atoms with Gasteiger partial charge in [-0.2, -0.15) is 0 Å². The molecule has 13 heavy (non-hydrogen) atoms. The zero-order chi connectivity index (χ0) is 9.42. The molecule has 0 aromatic heterocycles. The summed E-state index contributed by atoms with van der Waals surface area (Å²) < 4.78 is 10.5. The van der Waals surface area contributed by atoms with Gasteiger partial charge in [-0.1, -0.05) is 6.92 Å². The summed E-state index contributed by atoms with van der Waals surface area (Å²) in [5, 5.41) is 0. The highest BCUT2D eigenvalue weighted by atomic mass is 16.6. The van der Waals surface area contributed by atoms with Crippen molar-refractivity contribution in [1.82, 2.24) is 0 Å². The second-order valence-electron chi connectivity index (χ2n) is 4.22. The highest BCUT2D eigenvalue weighted by Crippen LogP contribution is 2.42. The number of hydrogen-bond donors (Lipinski definition) is 0. The fourth-order valence-electron chi connectivity index (χ4n) is 2.14. The number of carbonyl (C=O) groups excluding carboxylic acids is 1. The van der Waals surface area contributed by atoms with E-state index in [1.54, 1.807) is 0 Å². The average molecular weight is 184 g/mol. The van der Waals surface area contributed by atoms with Gasteiger partial charge in [0.1, 0.15) is 0 Å². The van der Waals surface area contributed by atoms with Gasteiger partial charge >= 0.3 is 5.97 Å². The molecule has 0 spiro atoms. The molecule has 3 heteroatoms. The minimum Gasteiger partial charge on any atom is -0.466 e. The molecule has 1 aliphatic heterocycles. The van der Waals surface area contributed by atoms with Crippen molar-refractivity contribution in [1.29, 1.82) is 0 Å². The van der Waals surface area contributed by atoms with Crippen LogP contribution in [-0.2, 0) is 14.3 Å². The predicted octanol–water partition coefficient (Wildman–Crippen LogP) is 1.36. The Labute approximate surface area is 78.4 Å². The largest absolute Gasteiger partial charge is 0.466 e. The Morgan fingerprint density at radius 2 is 2.15 bits per heavy atom. The highest BCUT2D eigenvalue weighted by molar-refractivity contribution is 5.65. The molecule has 74 valence electrons. The zero-order valence-electron chi connectivity index (χ0n) is 8.16. The summed E-state index contributed by atoms with van der Waals surface area (Å²) >= 11 is 0. The minimum atomic E-state index is -0.175. The van der Waals surface area contributed by atoms with E-state index in [1.165, 1.54) is 6.92 Å². The third-order valence-corrected chi connectivity index (χ3v) is 3.13. The Morgan fingerprint density at radius 3 is 2.85 bits per heavy atom. The van der Waals surface area contributed by atoms with Crippen LogP contribution in [0.5, 0.6) is 0 Å². The lowest BCUT2D eigenvalue weighted by molar-refractivity contribution is -0.143. The normalized spacial score (nSPS) is 42.3. The van der Waals surface area contributed by atoms with E-state index in [1.807, 2.05) is 0 Å². The zero-order valence-corrected chi connectivity index (χ0v) is 8.16. The molecule has 0 amide bonds. The van der Waals surface area contributed by atoms with Crippen LogP contribution in [0.3, 0.4) is 0 Å². The number of hydrogen-bond acceptors (Lipinski definition) is 3. The number of epoxide rings is 1. The molecular weight excluding hydrogens is 168 g/mol. The number of carbonyl (C=O) groups is 1. The lowest BCUT2D eigenvalue weighted by Crippen LogP contribution is -2.26. The summed E-state index contributed by atoms with van der Waals surface area (Å²) in [6.45, 7) is 4.25. The Kier molecular flexibility index (Phi) is 2.28. The van der Waals surface area contributed by atoms with E-state index in [0.29, 0.717) is 30.7 Å². The van der Waals surface area contributed by atoms with Crippen LogP contribution in [0, 0.1) is 11.8 Å². The Hall–Kier alpha value is -0.570. The van der Waals surface area contributed by atoms with Crippen LogP contribution >= 0.6 is 0 Å². The van der Waals surface area contributed by atoms with Crippen LogP contribution in [0.15, 0.2) is 0 Å². The topological polar surface area (TPSA) is 38.8 Å². The SMILES string of the molecule is CC(=O)OCC1C[C@@H]2O[C@@H]2CC1C. The molecule has 0 radical (unpaired) electrons. The van der Waals surface area contributed by atoms with Crippen molar-refractivity contribution in [2.75, 3.05) is 6.61 Å². The lowest BCUT2D eigenvalue weighted by Gasteiger charge is -2.25. The summed E-state index contributed by atoms with van der Waals surface area (Å²) in [5.74, 6) is 0.960. The Morgan fingerprint density at radius 1 is 1.46 bits per heavy atom. The van der Waals surface area contributed by atoms with Crippen molar-refractivity contribution in [3.05, 3.63) is 0 Å². The molecule has 0 aromatic rings. The summed E-state index contributed by atoms with van der Waals surface area (Å²) in [6, 6.07) is 0. The molecule has 2 unspecified atom stereocenters. The number of rotatable bonds is 2. The third kappa shape index (κ3) is 2.02. The van der Waals surface area contributed by atoms with Crippen molar-refractivity contribution in [2.24, 2.45) is 11.8 Å². The first-order valence-electron chi connectivity index (χ1n) is 4.95. The number of ether oxygens (including phenoxy) is 2. The van der Waals surface area contributed by atoms with Gasteiger partial charge in [-0.25, -0.2) is 0 Å². The van der Waals surface area contributed by atoms with Crippen LogP contribution in [0.1, 0.15) is 26.7 Å². The highest BCUT2D eigenvalue weighted by Gasteiger charge is 2.46. The maximum absolute atomic E-state index is 10.6. The molecule has 1 aliphatic carbocycles. The van der Waals surface area contributed by atoms with Crippen LogP contribution in [-0.4, -0.2) is 24.8 Å². The smallest absolute Gasteiger partial charge is 0.302 e. The van der Waals surface area contributed by atoms with E-state index in [2.05, 4.69) is 6.92 Å². The maximum atomic E-state index is 10.6. The van der Waals surface area contributed by atoms with Gasteiger partial charge in [0.15, 0.2) is 0 Å². The van der Waals surface area contributed by atoms with Gasteiger partial charge in [0, 0.05) is 6.92 Å². The first-order valence-corrected chi connectivity index (χ1v) is 4.95. The predicted molar refractivity (Wildman–Crippen MR) is 47.2 cm³/mol. The standard InChI is InChI=1S/C10H16O3/c1-6-3-9-10(13-9)4-8(6)5-12-7(2)11/h6,8-10H,3-5H2,1-2H3/t6?,8?,9-,10+/m1/s1. The molecule has 1 saturated carbocycles. The minimum absolute atomic E-state index is 0.175. The fraction of sp³-hybridized carbons (Fsp3) is 0.900. The molecule has 3 nitrogen and oxygen atoms in total. The quantitative estimate of drug-likeness (QED) is 0.480. The Balaban J connectivity index is 1.80. The Bertz CT molecular complexity index is 214. The van der Waals surface area contributed by atoms with Gasteiger partial charge in [0.05, 0.1) is 18.8 Å². The summed E-state index contributed by atoms with van der Waals surface area (Å²) in [5.41, 5.74) is 0. The molecule has 2 fully saturated rings. The lowest BCUT2D eigenvalue weighted by atomic mass is 9.81. The molecule has 1 saturated heterocycles. The molecule has 2 aliphatic rings. The van der Waals surface area contributed by atoms with Gasteiger partial charge in [-0.15, -0.1) is 0 Å².